The molecule has 5 fully saturated rings. The molecule has 0 aromatic rings. The maximum Gasteiger partial charge on any atom is 0.0543 e. The maximum atomic E-state index is 10.3. The van der Waals surface area contributed by atoms with E-state index in [4.69, 9.17) is 0 Å². The lowest BCUT2D eigenvalue weighted by atomic mass is 9.43. The van der Waals surface area contributed by atoms with Gasteiger partial charge in [-0.2, -0.15) is 0 Å². The Morgan fingerprint density at radius 1 is 0.862 bits per heavy atom. The van der Waals surface area contributed by atoms with Crippen molar-refractivity contribution >= 4 is 0 Å². The average Bonchev–Trinajstić information content (AvgIpc) is 3.51. The fourth-order valence-corrected chi connectivity index (χ4v) is 9.48. The van der Waals surface area contributed by atoms with E-state index in [2.05, 4.69) is 20.8 Å². The summed E-state index contributed by atoms with van der Waals surface area (Å²) in [5.74, 6) is 6.63. The second-order valence-electron chi connectivity index (χ2n) is 12.1. The van der Waals surface area contributed by atoms with Crippen molar-refractivity contribution in [2.75, 3.05) is 6.61 Å². The van der Waals surface area contributed by atoms with Crippen LogP contribution in [0.2, 0.25) is 0 Å². The molecule has 2 nitrogen and oxygen atoms in total. The Morgan fingerprint density at radius 3 is 2.21 bits per heavy atom. The van der Waals surface area contributed by atoms with Crippen molar-refractivity contribution in [2.45, 2.75) is 105 Å². The van der Waals surface area contributed by atoms with Crippen LogP contribution in [0.3, 0.4) is 0 Å². The first-order valence-corrected chi connectivity index (χ1v) is 13.2. The lowest BCUT2D eigenvalue weighted by Gasteiger charge is -2.61. The molecule has 0 radical (unpaired) electrons. The monoisotopic (exact) mass is 404 g/mol. The van der Waals surface area contributed by atoms with Gasteiger partial charge in [-0.15, -0.1) is 0 Å². The third kappa shape index (κ3) is 3.43. The smallest absolute Gasteiger partial charge is 0.0543 e. The van der Waals surface area contributed by atoms with Gasteiger partial charge in [-0.05, 0) is 122 Å². The number of rotatable bonds is 3. The summed E-state index contributed by atoms with van der Waals surface area (Å²) < 4.78 is 0. The minimum Gasteiger partial charge on any atom is -0.396 e. The predicted molar refractivity (Wildman–Crippen MR) is 120 cm³/mol. The Labute approximate surface area is 180 Å². The van der Waals surface area contributed by atoms with Crippen LogP contribution in [0, 0.1) is 58.2 Å². The minimum atomic E-state index is -0.0334. The van der Waals surface area contributed by atoms with Crippen molar-refractivity contribution < 1.29 is 10.2 Å². The summed E-state index contributed by atoms with van der Waals surface area (Å²) >= 11 is 0. The van der Waals surface area contributed by atoms with Gasteiger partial charge in [0, 0.05) is 6.61 Å². The van der Waals surface area contributed by atoms with Crippen LogP contribution in [0.4, 0.5) is 0 Å². The molecule has 0 aromatic heterocycles. The minimum absolute atomic E-state index is 0.0334. The van der Waals surface area contributed by atoms with Gasteiger partial charge in [0.2, 0.25) is 0 Å². The zero-order valence-electron chi connectivity index (χ0n) is 19.9. The number of hydrogen-bond acceptors (Lipinski definition) is 2. The molecular weight excluding hydrogens is 356 g/mol. The molecule has 0 aliphatic heterocycles. The lowest BCUT2D eigenvalue weighted by molar-refractivity contribution is -0.137. The van der Waals surface area contributed by atoms with Crippen LogP contribution in [-0.4, -0.2) is 22.9 Å². The molecule has 0 bridgehead atoms. The van der Waals surface area contributed by atoms with Gasteiger partial charge in [0.15, 0.2) is 0 Å². The first-order chi connectivity index (χ1) is 13.9. The van der Waals surface area contributed by atoms with Crippen molar-refractivity contribution in [1.29, 1.82) is 0 Å². The van der Waals surface area contributed by atoms with Crippen molar-refractivity contribution in [3.63, 3.8) is 0 Å². The summed E-state index contributed by atoms with van der Waals surface area (Å²) in [5, 5.41) is 20.2. The number of fused-ring (bicyclic) bond motifs is 5. The van der Waals surface area contributed by atoms with Crippen LogP contribution in [0.25, 0.3) is 0 Å². The van der Waals surface area contributed by atoms with Crippen molar-refractivity contribution in [3.05, 3.63) is 0 Å². The average molecular weight is 405 g/mol. The molecule has 0 saturated heterocycles. The van der Waals surface area contributed by atoms with Crippen LogP contribution in [-0.2, 0) is 0 Å². The molecule has 5 rings (SSSR count). The SMILES string of the molecule is CC.CC(CO)C1CC(C2CC2)C2C3CCC4CC(O)CCC4(C)C3CCC12C. The van der Waals surface area contributed by atoms with Crippen LogP contribution in [0.15, 0.2) is 0 Å². The van der Waals surface area contributed by atoms with Gasteiger partial charge in [-0.1, -0.05) is 34.6 Å². The normalized spacial score (nSPS) is 52.4. The molecule has 0 amide bonds. The fourth-order valence-electron chi connectivity index (χ4n) is 9.48. The number of aliphatic hydroxyl groups is 2. The maximum absolute atomic E-state index is 10.3. The van der Waals surface area contributed by atoms with E-state index in [1.54, 1.807) is 0 Å². The predicted octanol–water partition coefficient (Wildman–Crippen LogP) is 6.30. The van der Waals surface area contributed by atoms with E-state index < -0.39 is 0 Å². The molecule has 10 atom stereocenters. The second-order valence-corrected chi connectivity index (χ2v) is 12.1. The van der Waals surface area contributed by atoms with E-state index in [0.29, 0.717) is 23.4 Å². The van der Waals surface area contributed by atoms with Crippen molar-refractivity contribution in [3.8, 4) is 0 Å². The van der Waals surface area contributed by atoms with E-state index in [9.17, 15) is 10.2 Å². The van der Waals surface area contributed by atoms with Crippen molar-refractivity contribution in [1.82, 2.24) is 0 Å². The first-order valence-electron chi connectivity index (χ1n) is 13.2. The Bertz CT molecular complexity index is 571. The third-order valence-corrected chi connectivity index (χ3v) is 11.0. The standard InChI is InChI=1S/C25H42O2.C2H6/c1-15(14-26)22-13-20(16-4-5-16)23-19-7-6-17-12-18(27)8-10-24(17,2)21(19)9-11-25(22,23)3;1-2/h15-23,26-27H,4-14H2,1-3H3;1-2H3. The van der Waals surface area contributed by atoms with Crippen LogP contribution < -0.4 is 0 Å². The molecule has 5 saturated carbocycles. The van der Waals surface area contributed by atoms with Crippen LogP contribution in [0.1, 0.15) is 98.8 Å². The lowest BCUT2D eigenvalue weighted by Crippen LogP contribution is -2.55. The molecule has 2 heteroatoms. The molecule has 29 heavy (non-hydrogen) atoms. The first kappa shape index (κ1) is 22.1. The molecular formula is C27H48O2. The van der Waals surface area contributed by atoms with Crippen LogP contribution >= 0.6 is 0 Å². The van der Waals surface area contributed by atoms with Gasteiger partial charge in [-0.25, -0.2) is 0 Å². The zero-order chi connectivity index (χ0) is 21.0. The van der Waals surface area contributed by atoms with Gasteiger partial charge in [-0.3, -0.25) is 0 Å². The Kier molecular flexibility index (Phi) is 6.19. The second kappa shape index (κ2) is 8.12. The summed E-state index contributed by atoms with van der Waals surface area (Å²) in [5.41, 5.74) is 0.951. The highest BCUT2D eigenvalue weighted by Gasteiger charge is 2.64. The molecule has 0 aromatic carbocycles. The van der Waals surface area contributed by atoms with Gasteiger partial charge in [0.25, 0.3) is 0 Å². The topological polar surface area (TPSA) is 40.5 Å². The summed E-state index contributed by atoms with van der Waals surface area (Å²) in [7, 11) is 0. The molecule has 10 unspecified atom stereocenters. The molecule has 5 aliphatic rings. The van der Waals surface area contributed by atoms with Crippen LogP contribution in [0.5, 0.6) is 0 Å². The Balaban J connectivity index is 0.000000994. The quantitative estimate of drug-likeness (QED) is 0.580. The van der Waals surface area contributed by atoms with E-state index in [-0.39, 0.29) is 6.10 Å². The molecule has 2 N–H and O–H groups in total. The summed E-state index contributed by atoms with van der Waals surface area (Å²) in [6.07, 6.45) is 13.3. The zero-order valence-corrected chi connectivity index (χ0v) is 19.9. The highest BCUT2D eigenvalue weighted by atomic mass is 16.3. The molecule has 0 heterocycles. The van der Waals surface area contributed by atoms with E-state index in [1.807, 2.05) is 13.8 Å². The summed E-state index contributed by atoms with van der Waals surface area (Å²) in [6, 6.07) is 0. The largest absolute Gasteiger partial charge is 0.396 e. The van der Waals surface area contributed by atoms with Gasteiger partial charge >= 0.3 is 0 Å². The Morgan fingerprint density at radius 2 is 1.55 bits per heavy atom. The third-order valence-electron chi connectivity index (χ3n) is 11.0. The van der Waals surface area contributed by atoms with E-state index in [0.717, 1.165) is 54.3 Å². The highest BCUT2D eigenvalue weighted by Crippen LogP contribution is 2.71. The molecule has 0 spiro atoms. The number of hydrogen-bond donors (Lipinski definition) is 2. The summed E-state index contributed by atoms with van der Waals surface area (Å²) in [4.78, 5) is 0. The Hall–Kier alpha value is -0.0800. The fraction of sp³-hybridized carbons (Fsp3) is 1.00. The van der Waals surface area contributed by atoms with E-state index in [1.165, 1.54) is 51.4 Å². The highest BCUT2D eigenvalue weighted by molar-refractivity contribution is 5.13. The number of aliphatic hydroxyl groups excluding tert-OH is 2. The van der Waals surface area contributed by atoms with Crippen molar-refractivity contribution in [2.24, 2.45) is 58.2 Å². The molecule has 5 aliphatic carbocycles. The van der Waals surface area contributed by atoms with Gasteiger partial charge in [0.05, 0.1) is 6.10 Å². The van der Waals surface area contributed by atoms with Gasteiger partial charge < -0.3 is 10.2 Å². The van der Waals surface area contributed by atoms with Gasteiger partial charge in [0.1, 0.15) is 0 Å². The summed E-state index contributed by atoms with van der Waals surface area (Å²) in [6.45, 7) is 11.9. The van der Waals surface area contributed by atoms with E-state index >= 15 is 0 Å². The molecule has 168 valence electrons.